The Bertz CT molecular complexity index is 1110. The summed E-state index contributed by atoms with van der Waals surface area (Å²) in [5, 5.41) is 0. The third-order valence-corrected chi connectivity index (χ3v) is 6.60. The van der Waals surface area contributed by atoms with Crippen LogP contribution in [0.25, 0.3) is 27.3 Å². The predicted molar refractivity (Wildman–Crippen MR) is 110 cm³/mol. The van der Waals surface area contributed by atoms with Crippen molar-refractivity contribution < 1.29 is 12.4 Å². The van der Waals surface area contributed by atoms with Crippen LogP contribution < -0.4 is 3.96 Å². The Labute approximate surface area is 163 Å². The molecule has 0 aliphatic heterocycles. The Balaban J connectivity index is 1.85. The summed E-state index contributed by atoms with van der Waals surface area (Å²) in [6.45, 7) is 0. The van der Waals surface area contributed by atoms with Gasteiger partial charge in [-0.25, -0.2) is 8.42 Å². The van der Waals surface area contributed by atoms with Gasteiger partial charge < -0.3 is 0 Å². The van der Waals surface area contributed by atoms with Gasteiger partial charge in [0.15, 0.2) is 16.0 Å². The molecule has 1 heterocycles. The highest BCUT2D eigenvalue weighted by molar-refractivity contribution is 7.90. The van der Waals surface area contributed by atoms with Gasteiger partial charge in [-0.3, -0.25) is 0 Å². The van der Waals surface area contributed by atoms with E-state index in [1.165, 1.54) is 11.1 Å². The van der Waals surface area contributed by atoms with Crippen molar-refractivity contribution in [3.63, 3.8) is 0 Å². The molecule has 27 heavy (non-hydrogen) atoms. The van der Waals surface area contributed by atoms with Crippen molar-refractivity contribution in [1.82, 2.24) is 0 Å². The van der Waals surface area contributed by atoms with Gasteiger partial charge in [0.1, 0.15) is 16.4 Å². The Morgan fingerprint density at radius 3 is 1.85 bits per heavy atom. The van der Waals surface area contributed by atoms with E-state index in [1.807, 2.05) is 48.5 Å². The van der Waals surface area contributed by atoms with Gasteiger partial charge in [-0.15, -0.1) is 3.96 Å². The van der Waals surface area contributed by atoms with Gasteiger partial charge in [0.25, 0.3) is 0 Å². The molecule has 0 saturated heterocycles. The molecular weight excluding hydrogens is 374 g/mol. The second-order valence-corrected chi connectivity index (χ2v) is 9.29. The number of aromatic nitrogens is 1. The molecular formula is C22H18NO2S2+. The molecule has 4 aromatic rings. The van der Waals surface area contributed by atoms with Crippen LogP contribution in [0, 0.1) is 0 Å². The lowest BCUT2D eigenvalue weighted by Gasteiger charge is -1.99. The summed E-state index contributed by atoms with van der Waals surface area (Å²) >= 11 is 1.64. The average molecular weight is 393 g/mol. The van der Waals surface area contributed by atoms with Gasteiger partial charge in [-0.1, -0.05) is 60.7 Å². The van der Waals surface area contributed by atoms with Gasteiger partial charge in [0.2, 0.25) is 5.69 Å². The maximum Gasteiger partial charge on any atom is 0.225 e. The molecule has 3 aromatic carbocycles. The summed E-state index contributed by atoms with van der Waals surface area (Å²) in [5.74, 6) is 0. The zero-order chi connectivity index (χ0) is 18.9. The highest BCUT2D eigenvalue weighted by atomic mass is 32.2. The Hall–Kier alpha value is -2.76. The van der Waals surface area contributed by atoms with E-state index in [-0.39, 0.29) is 0 Å². The molecule has 0 saturated carbocycles. The summed E-state index contributed by atoms with van der Waals surface area (Å²) in [4.78, 5) is 1.50. The normalized spacial score (nSPS) is 11.4. The molecule has 0 aliphatic rings. The third-order valence-electron chi connectivity index (χ3n) is 4.32. The van der Waals surface area contributed by atoms with Crippen LogP contribution in [0.3, 0.4) is 0 Å². The van der Waals surface area contributed by atoms with E-state index < -0.39 is 9.84 Å². The first-order valence-electron chi connectivity index (χ1n) is 8.50. The fourth-order valence-electron chi connectivity index (χ4n) is 2.94. The van der Waals surface area contributed by atoms with E-state index in [9.17, 15) is 8.42 Å². The number of hydrogen-bond acceptors (Lipinski definition) is 3. The molecule has 1 aromatic heterocycles. The second-order valence-electron chi connectivity index (χ2n) is 6.29. The van der Waals surface area contributed by atoms with Crippen molar-refractivity contribution in [2.24, 2.45) is 0 Å². The van der Waals surface area contributed by atoms with E-state index in [1.54, 1.807) is 23.7 Å². The zero-order valence-corrected chi connectivity index (χ0v) is 16.4. The molecule has 0 radical (unpaired) electrons. The number of hydrogen-bond donors (Lipinski definition) is 0. The summed E-state index contributed by atoms with van der Waals surface area (Å²) in [5.41, 5.74) is 4.40. The molecule has 0 atom stereocenters. The molecule has 0 bridgehead atoms. The molecule has 0 unspecified atom stereocenters. The van der Waals surface area contributed by atoms with Gasteiger partial charge in [0, 0.05) is 18.4 Å². The highest BCUT2D eigenvalue weighted by Gasteiger charge is 2.21. The topological polar surface area (TPSA) is 38.0 Å². The maximum absolute atomic E-state index is 11.7. The smallest absolute Gasteiger partial charge is 0.224 e. The van der Waals surface area contributed by atoms with Crippen LogP contribution in [-0.4, -0.2) is 14.7 Å². The Kier molecular flexibility index (Phi) is 4.64. The number of nitrogens with zero attached hydrogens (tertiary/aromatic N) is 1. The SMILES string of the molecule is CS(=O)(=O)c1ccc(-[n+]2cc(-c3ccccc3)c(-c3ccccc3)s2)cc1. The van der Waals surface area contributed by atoms with Crippen LogP contribution in [0.4, 0.5) is 0 Å². The molecule has 0 aliphatic carbocycles. The minimum atomic E-state index is -3.20. The summed E-state index contributed by atoms with van der Waals surface area (Å²) < 4.78 is 25.5. The molecule has 0 amide bonds. The van der Waals surface area contributed by atoms with Crippen LogP contribution in [0.2, 0.25) is 0 Å². The first-order chi connectivity index (χ1) is 13.0. The monoisotopic (exact) mass is 392 g/mol. The van der Waals surface area contributed by atoms with Crippen molar-refractivity contribution in [1.29, 1.82) is 0 Å². The standard InChI is InChI=1S/C22H18NO2S2/c1-27(24,25)20-14-12-19(13-15-20)23-16-21(17-8-4-2-5-9-17)22(26-23)18-10-6-3-7-11-18/h2-16H,1H3/q+1. The van der Waals surface area contributed by atoms with Gasteiger partial charge in [-0.2, -0.15) is 0 Å². The summed E-state index contributed by atoms with van der Waals surface area (Å²) in [6, 6.07) is 27.6. The molecule has 134 valence electrons. The zero-order valence-electron chi connectivity index (χ0n) is 14.7. The van der Waals surface area contributed by atoms with Crippen LogP contribution in [0.1, 0.15) is 0 Å². The van der Waals surface area contributed by atoms with Crippen LogP contribution >= 0.6 is 11.5 Å². The van der Waals surface area contributed by atoms with Crippen molar-refractivity contribution >= 4 is 21.4 Å². The van der Waals surface area contributed by atoms with Crippen molar-refractivity contribution in [2.75, 3.05) is 6.26 Å². The first-order valence-corrected chi connectivity index (χ1v) is 11.2. The fraction of sp³-hybridized carbons (Fsp3) is 0.0455. The van der Waals surface area contributed by atoms with Crippen LogP contribution in [0.15, 0.2) is 96.0 Å². The first kappa shape index (κ1) is 17.6. The van der Waals surface area contributed by atoms with E-state index >= 15 is 0 Å². The molecule has 0 N–H and O–H groups in total. The lowest BCUT2D eigenvalue weighted by molar-refractivity contribution is -0.519. The Morgan fingerprint density at radius 1 is 0.741 bits per heavy atom. The molecule has 0 fully saturated rings. The van der Waals surface area contributed by atoms with E-state index in [2.05, 4.69) is 34.4 Å². The van der Waals surface area contributed by atoms with Crippen LogP contribution in [-0.2, 0) is 9.84 Å². The van der Waals surface area contributed by atoms with Gasteiger partial charge in [-0.05, 0) is 23.3 Å². The second kappa shape index (κ2) is 7.10. The lowest BCUT2D eigenvalue weighted by Crippen LogP contribution is -2.23. The quantitative estimate of drug-likeness (QED) is 0.470. The molecule has 5 heteroatoms. The minimum absolute atomic E-state index is 0.329. The molecule has 0 spiro atoms. The number of sulfone groups is 1. The summed E-state index contributed by atoms with van der Waals surface area (Å²) in [7, 11) is -3.20. The van der Waals surface area contributed by atoms with Crippen molar-refractivity contribution in [3.05, 3.63) is 91.1 Å². The maximum atomic E-state index is 11.7. The van der Waals surface area contributed by atoms with Crippen molar-refractivity contribution in [3.8, 4) is 27.3 Å². The van der Waals surface area contributed by atoms with E-state index in [0.717, 1.165) is 22.4 Å². The predicted octanol–water partition coefficient (Wildman–Crippen LogP) is 4.76. The molecule has 3 nitrogen and oxygen atoms in total. The van der Waals surface area contributed by atoms with Crippen LogP contribution in [0.5, 0.6) is 0 Å². The van der Waals surface area contributed by atoms with E-state index in [4.69, 9.17) is 0 Å². The van der Waals surface area contributed by atoms with Crippen molar-refractivity contribution in [2.45, 2.75) is 4.90 Å². The van der Waals surface area contributed by atoms with Gasteiger partial charge in [0.05, 0.1) is 10.5 Å². The highest BCUT2D eigenvalue weighted by Crippen LogP contribution is 2.34. The number of benzene rings is 3. The summed E-state index contributed by atoms with van der Waals surface area (Å²) in [6.07, 6.45) is 3.33. The average Bonchev–Trinajstić information content (AvgIpc) is 3.14. The lowest BCUT2D eigenvalue weighted by atomic mass is 10.0. The third kappa shape index (κ3) is 3.70. The number of rotatable bonds is 4. The fourth-order valence-corrected chi connectivity index (χ4v) is 4.66. The molecule has 4 rings (SSSR count). The largest absolute Gasteiger partial charge is 0.225 e. The minimum Gasteiger partial charge on any atom is -0.224 e. The van der Waals surface area contributed by atoms with E-state index in [0.29, 0.717) is 4.90 Å². The Morgan fingerprint density at radius 2 is 1.30 bits per heavy atom. The van der Waals surface area contributed by atoms with Gasteiger partial charge >= 0.3 is 0 Å².